The first-order chi connectivity index (χ1) is 8.18. The number of carboxylic acids is 1. The second kappa shape index (κ2) is 3.56. The predicted octanol–water partition coefficient (Wildman–Crippen LogP) is -1.10. The fraction of sp³-hybridized carbons (Fsp3) is 0.500. The van der Waals surface area contributed by atoms with E-state index in [4.69, 9.17) is 5.11 Å². The Morgan fingerprint density at radius 3 is 3.12 bits per heavy atom. The molecule has 3 N–H and O–H groups in total. The van der Waals surface area contributed by atoms with Crippen LogP contribution >= 0.6 is 0 Å². The second-order valence-corrected chi connectivity index (χ2v) is 4.20. The highest BCUT2D eigenvalue weighted by atomic mass is 16.4. The van der Waals surface area contributed by atoms with Crippen LogP contribution in [0.4, 0.5) is 0 Å². The number of aliphatic carboxylic acids is 1. The fourth-order valence-electron chi connectivity index (χ4n) is 2.37. The van der Waals surface area contributed by atoms with Crippen molar-refractivity contribution in [2.24, 2.45) is 0 Å². The number of hydrogen-bond donors (Lipinski definition) is 3. The number of hydrogen-bond acceptors (Lipinski definition) is 4. The number of nitrogens with zero attached hydrogens (tertiary/aromatic N) is 2. The summed E-state index contributed by atoms with van der Waals surface area (Å²) in [6.07, 6.45) is 0.660. The van der Waals surface area contributed by atoms with Crippen molar-refractivity contribution in [1.82, 2.24) is 20.4 Å². The molecule has 17 heavy (non-hydrogen) atoms. The maximum absolute atomic E-state index is 11.8. The minimum atomic E-state index is -0.932. The van der Waals surface area contributed by atoms with E-state index in [0.717, 1.165) is 0 Å². The van der Waals surface area contributed by atoms with E-state index in [-0.39, 0.29) is 5.91 Å². The van der Waals surface area contributed by atoms with Gasteiger partial charge in [-0.3, -0.25) is 9.48 Å². The normalized spacial score (nSPS) is 22.6. The molecular weight excluding hydrogens is 224 g/mol. The van der Waals surface area contributed by atoms with Gasteiger partial charge in [-0.05, 0) is 0 Å². The number of fused-ring (bicyclic) bond motifs is 3. The van der Waals surface area contributed by atoms with Gasteiger partial charge >= 0.3 is 5.97 Å². The molecule has 0 bridgehead atoms. The summed E-state index contributed by atoms with van der Waals surface area (Å²) in [6.45, 7) is 1.39. The van der Waals surface area contributed by atoms with Crippen LogP contribution in [-0.2, 0) is 17.8 Å². The molecule has 0 radical (unpaired) electrons. The number of nitrogens with one attached hydrogen (secondary N) is 2. The number of rotatable bonds is 1. The molecule has 0 saturated carbocycles. The molecule has 3 rings (SSSR count). The largest absolute Gasteiger partial charge is 0.480 e. The third kappa shape index (κ3) is 1.42. The van der Waals surface area contributed by atoms with Gasteiger partial charge in [0.15, 0.2) is 6.04 Å². The van der Waals surface area contributed by atoms with E-state index in [1.807, 2.05) is 0 Å². The van der Waals surface area contributed by atoms with Crippen molar-refractivity contribution >= 4 is 11.9 Å². The first-order valence-corrected chi connectivity index (χ1v) is 5.50. The highest BCUT2D eigenvalue weighted by Crippen LogP contribution is 2.24. The average molecular weight is 236 g/mol. The molecule has 0 fully saturated rings. The Labute approximate surface area is 96.8 Å². The maximum Gasteiger partial charge on any atom is 0.329 e. The van der Waals surface area contributed by atoms with Gasteiger partial charge in [0.05, 0.1) is 17.0 Å². The molecule has 1 unspecified atom stereocenters. The Hall–Kier alpha value is -1.89. The number of carbonyl (C=O) groups excluding carboxylic acids is 1. The number of amides is 1. The van der Waals surface area contributed by atoms with E-state index >= 15 is 0 Å². The van der Waals surface area contributed by atoms with Crippen LogP contribution in [0.5, 0.6) is 0 Å². The van der Waals surface area contributed by atoms with E-state index in [1.165, 1.54) is 4.68 Å². The predicted molar refractivity (Wildman–Crippen MR) is 56.6 cm³/mol. The van der Waals surface area contributed by atoms with Gasteiger partial charge in [-0.1, -0.05) is 0 Å². The Kier molecular flexibility index (Phi) is 2.15. The molecule has 1 aromatic heterocycles. The zero-order valence-corrected chi connectivity index (χ0v) is 9.06. The van der Waals surface area contributed by atoms with Crippen molar-refractivity contribution in [2.45, 2.75) is 19.0 Å². The van der Waals surface area contributed by atoms with E-state index in [2.05, 4.69) is 15.7 Å². The molecule has 0 aromatic carbocycles. The molecule has 3 heterocycles. The van der Waals surface area contributed by atoms with Gasteiger partial charge in [0.2, 0.25) is 0 Å². The molecular formula is C10H12N4O3. The van der Waals surface area contributed by atoms with Crippen LogP contribution in [0, 0.1) is 0 Å². The first kappa shape index (κ1) is 10.3. The topological polar surface area (TPSA) is 96.3 Å². The van der Waals surface area contributed by atoms with Crippen LogP contribution in [0.15, 0.2) is 0 Å². The van der Waals surface area contributed by atoms with Crippen LogP contribution in [0.2, 0.25) is 0 Å². The lowest BCUT2D eigenvalue weighted by atomic mass is 10.0. The molecule has 0 spiro atoms. The molecule has 1 amide bonds. The van der Waals surface area contributed by atoms with Gasteiger partial charge in [-0.2, -0.15) is 5.10 Å². The number of carboxylic acid groups (broad SMARTS) is 1. The van der Waals surface area contributed by atoms with Crippen molar-refractivity contribution in [3.05, 3.63) is 17.0 Å². The summed E-state index contributed by atoms with van der Waals surface area (Å²) in [7, 11) is 0. The summed E-state index contributed by atoms with van der Waals surface area (Å²) in [5.41, 5.74) is 1.93. The van der Waals surface area contributed by atoms with E-state index < -0.39 is 12.0 Å². The molecule has 0 aliphatic carbocycles. The maximum atomic E-state index is 11.8. The summed E-state index contributed by atoms with van der Waals surface area (Å²) in [4.78, 5) is 22.9. The summed E-state index contributed by atoms with van der Waals surface area (Å²) >= 11 is 0. The molecule has 7 nitrogen and oxygen atoms in total. The van der Waals surface area contributed by atoms with Crippen molar-refractivity contribution < 1.29 is 14.7 Å². The van der Waals surface area contributed by atoms with Crippen molar-refractivity contribution in [3.63, 3.8) is 0 Å². The molecule has 2 aliphatic rings. The van der Waals surface area contributed by atoms with Gasteiger partial charge in [0, 0.05) is 26.1 Å². The Morgan fingerprint density at radius 2 is 2.35 bits per heavy atom. The highest BCUT2D eigenvalue weighted by Gasteiger charge is 2.33. The van der Waals surface area contributed by atoms with Crippen molar-refractivity contribution in [1.29, 1.82) is 0 Å². The SMILES string of the molecule is O=C1NCCc2nn3c(c21)CNCC3C(=O)O. The lowest BCUT2D eigenvalue weighted by Crippen LogP contribution is -2.39. The number of carbonyl (C=O) groups is 2. The molecule has 1 atom stereocenters. The van der Waals surface area contributed by atoms with E-state index in [0.29, 0.717) is 43.0 Å². The Bertz CT molecular complexity index is 508. The molecule has 1 aromatic rings. The van der Waals surface area contributed by atoms with Crippen LogP contribution in [0.3, 0.4) is 0 Å². The molecule has 0 saturated heterocycles. The zero-order valence-electron chi connectivity index (χ0n) is 9.06. The zero-order chi connectivity index (χ0) is 12.0. The van der Waals surface area contributed by atoms with E-state index in [9.17, 15) is 9.59 Å². The number of aromatic nitrogens is 2. The van der Waals surface area contributed by atoms with Gasteiger partial charge in [0.1, 0.15) is 0 Å². The lowest BCUT2D eigenvalue weighted by Gasteiger charge is -2.22. The monoisotopic (exact) mass is 236 g/mol. The summed E-state index contributed by atoms with van der Waals surface area (Å²) in [5, 5.41) is 19.1. The second-order valence-electron chi connectivity index (χ2n) is 4.20. The van der Waals surface area contributed by atoms with Gasteiger partial charge in [-0.25, -0.2) is 4.79 Å². The van der Waals surface area contributed by atoms with Crippen molar-refractivity contribution in [2.75, 3.05) is 13.1 Å². The minimum Gasteiger partial charge on any atom is -0.480 e. The molecule has 90 valence electrons. The Morgan fingerprint density at radius 1 is 1.53 bits per heavy atom. The van der Waals surface area contributed by atoms with Gasteiger partial charge < -0.3 is 15.7 Å². The van der Waals surface area contributed by atoms with Crippen LogP contribution in [-0.4, -0.2) is 39.9 Å². The van der Waals surface area contributed by atoms with Gasteiger partial charge in [-0.15, -0.1) is 0 Å². The summed E-state index contributed by atoms with van der Waals surface area (Å²) < 4.78 is 1.48. The third-order valence-corrected chi connectivity index (χ3v) is 3.17. The molecule has 7 heteroatoms. The van der Waals surface area contributed by atoms with Crippen molar-refractivity contribution in [3.8, 4) is 0 Å². The highest BCUT2D eigenvalue weighted by molar-refractivity contribution is 5.97. The third-order valence-electron chi connectivity index (χ3n) is 3.17. The fourth-order valence-corrected chi connectivity index (χ4v) is 2.37. The van der Waals surface area contributed by atoms with E-state index in [1.54, 1.807) is 0 Å². The first-order valence-electron chi connectivity index (χ1n) is 5.50. The Balaban J connectivity index is 2.14. The van der Waals surface area contributed by atoms with Crippen LogP contribution in [0.25, 0.3) is 0 Å². The quantitative estimate of drug-likeness (QED) is 0.575. The standard InChI is InChI=1S/C10H12N4O3/c15-9-8-5(1-2-12-9)13-14-6(8)3-11-4-7(14)10(16)17/h7,11H,1-4H2,(H,12,15)(H,16,17). The summed E-state index contributed by atoms with van der Waals surface area (Å²) in [6, 6.07) is -0.725. The summed E-state index contributed by atoms with van der Waals surface area (Å²) in [5.74, 6) is -1.08. The average Bonchev–Trinajstić information content (AvgIpc) is 2.67. The molecule has 2 aliphatic heterocycles. The van der Waals surface area contributed by atoms with Crippen LogP contribution < -0.4 is 10.6 Å². The van der Waals surface area contributed by atoms with Gasteiger partial charge in [0.25, 0.3) is 5.91 Å². The lowest BCUT2D eigenvalue weighted by molar-refractivity contribution is -0.141. The van der Waals surface area contributed by atoms with Crippen LogP contribution in [0.1, 0.15) is 27.8 Å². The smallest absolute Gasteiger partial charge is 0.329 e. The minimum absolute atomic E-state index is 0.152.